The molecule has 8 heteroatoms. The zero-order valence-corrected chi connectivity index (χ0v) is 14.0. The van der Waals surface area contributed by atoms with Gasteiger partial charge in [-0.15, -0.1) is 5.10 Å². The van der Waals surface area contributed by atoms with Crippen molar-refractivity contribution < 1.29 is 4.79 Å². The molecule has 0 bridgehead atoms. The lowest BCUT2D eigenvalue weighted by Crippen LogP contribution is -2.61. The standard InChI is InChI=1S/C13H21N5OS2/c1-3-4-9-10(21-17-16-9)11(19)15-13(12(14)20)5-7-18(2)8-6-13/h3-8H2,1-2H3,(H2,14,20)(H,15,19). The van der Waals surface area contributed by atoms with E-state index >= 15 is 0 Å². The SMILES string of the molecule is CCCc1nnsc1C(=O)NC1(C(N)=S)CCN(C)CC1. The molecule has 116 valence electrons. The number of thiocarbonyl (C=S) groups is 1. The number of carbonyl (C=O) groups excluding carboxylic acids is 1. The van der Waals surface area contributed by atoms with E-state index in [9.17, 15) is 4.79 Å². The number of rotatable bonds is 5. The van der Waals surface area contributed by atoms with Gasteiger partial charge in [0.1, 0.15) is 4.88 Å². The zero-order valence-electron chi connectivity index (χ0n) is 12.4. The molecular weight excluding hydrogens is 306 g/mol. The average molecular weight is 327 g/mol. The highest BCUT2D eigenvalue weighted by Gasteiger charge is 2.38. The first-order valence-corrected chi connectivity index (χ1v) is 8.29. The molecule has 0 unspecified atom stereocenters. The van der Waals surface area contributed by atoms with Gasteiger partial charge in [-0.3, -0.25) is 4.79 Å². The van der Waals surface area contributed by atoms with Gasteiger partial charge < -0.3 is 16.0 Å². The summed E-state index contributed by atoms with van der Waals surface area (Å²) in [7, 11) is 2.05. The van der Waals surface area contributed by atoms with Crippen LogP contribution in [0.5, 0.6) is 0 Å². The lowest BCUT2D eigenvalue weighted by Gasteiger charge is -2.40. The molecule has 0 aliphatic carbocycles. The van der Waals surface area contributed by atoms with Crippen LogP contribution in [0.4, 0.5) is 0 Å². The maximum Gasteiger partial charge on any atom is 0.265 e. The van der Waals surface area contributed by atoms with Crippen molar-refractivity contribution in [1.82, 2.24) is 19.8 Å². The summed E-state index contributed by atoms with van der Waals surface area (Å²) in [6.07, 6.45) is 3.15. The average Bonchev–Trinajstić information content (AvgIpc) is 2.90. The van der Waals surface area contributed by atoms with E-state index in [1.165, 1.54) is 0 Å². The molecule has 0 saturated carbocycles. The smallest absolute Gasteiger partial charge is 0.265 e. The Morgan fingerprint density at radius 1 is 1.52 bits per heavy atom. The van der Waals surface area contributed by atoms with Crippen LogP contribution < -0.4 is 11.1 Å². The summed E-state index contributed by atoms with van der Waals surface area (Å²) >= 11 is 6.34. The Balaban J connectivity index is 2.15. The molecule has 6 nitrogen and oxygen atoms in total. The minimum Gasteiger partial charge on any atom is -0.391 e. The van der Waals surface area contributed by atoms with Gasteiger partial charge in [0.15, 0.2) is 0 Å². The topological polar surface area (TPSA) is 84.1 Å². The van der Waals surface area contributed by atoms with E-state index < -0.39 is 5.54 Å². The quantitative estimate of drug-likeness (QED) is 0.784. The number of aryl methyl sites for hydroxylation is 1. The second kappa shape index (κ2) is 6.76. The number of hydrogen-bond acceptors (Lipinski definition) is 6. The van der Waals surface area contributed by atoms with Crippen LogP contribution in [-0.2, 0) is 6.42 Å². The number of piperidine rings is 1. The fourth-order valence-electron chi connectivity index (χ4n) is 2.49. The largest absolute Gasteiger partial charge is 0.391 e. The van der Waals surface area contributed by atoms with E-state index in [4.69, 9.17) is 18.0 Å². The molecule has 1 aliphatic rings. The van der Waals surface area contributed by atoms with Gasteiger partial charge in [0.25, 0.3) is 5.91 Å². The third-order valence-electron chi connectivity index (χ3n) is 3.91. The van der Waals surface area contributed by atoms with Crippen molar-refractivity contribution in [3.63, 3.8) is 0 Å². The highest BCUT2D eigenvalue weighted by Crippen LogP contribution is 2.24. The Kier molecular flexibility index (Phi) is 5.23. The highest BCUT2D eigenvalue weighted by atomic mass is 32.1. The Morgan fingerprint density at radius 2 is 2.19 bits per heavy atom. The van der Waals surface area contributed by atoms with Crippen LogP contribution in [0, 0.1) is 0 Å². The minimum atomic E-state index is -0.591. The van der Waals surface area contributed by atoms with Gasteiger partial charge in [-0.2, -0.15) is 0 Å². The van der Waals surface area contributed by atoms with Crippen LogP contribution >= 0.6 is 23.8 Å². The van der Waals surface area contributed by atoms with E-state index in [1.807, 2.05) is 0 Å². The summed E-state index contributed by atoms with van der Waals surface area (Å²) < 4.78 is 3.89. The van der Waals surface area contributed by atoms with Gasteiger partial charge in [-0.25, -0.2) is 0 Å². The third kappa shape index (κ3) is 3.56. The molecule has 1 aromatic heterocycles. The van der Waals surface area contributed by atoms with E-state index in [0.29, 0.717) is 9.87 Å². The first-order valence-electron chi connectivity index (χ1n) is 7.10. The van der Waals surface area contributed by atoms with Crippen molar-refractivity contribution in [3.8, 4) is 0 Å². The van der Waals surface area contributed by atoms with Crippen LogP contribution in [0.3, 0.4) is 0 Å². The van der Waals surface area contributed by atoms with Crippen LogP contribution in [0.2, 0.25) is 0 Å². The normalized spacial score (nSPS) is 18.4. The Hall–Kier alpha value is -1.12. The predicted octanol–water partition coefficient (Wildman–Crippen LogP) is 0.971. The molecule has 1 amide bonds. The van der Waals surface area contributed by atoms with Crippen molar-refractivity contribution in [2.24, 2.45) is 5.73 Å². The number of nitrogens with two attached hydrogens (primary N) is 1. The highest BCUT2D eigenvalue weighted by molar-refractivity contribution is 7.80. The summed E-state index contributed by atoms with van der Waals surface area (Å²) in [4.78, 5) is 15.7. The lowest BCUT2D eigenvalue weighted by atomic mass is 9.87. The summed E-state index contributed by atoms with van der Waals surface area (Å²) in [6, 6.07) is 0. The second-order valence-electron chi connectivity index (χ2n) is 5.50. The Labute approximate surface area is 134 Å². The molecule has 2 rings (SSSR count). The van der Waals surface area contributed by atoms with E-state index in [0.717, 1.165) is 56.0 Å². The molecule has 2 heterocycles. The molecule has 0 radical (unpaired) electrons. The summed E-state index contributed by atoms with van der Waals surface area (Å²) in [6.45, 7) is 3.77. The monoisotopic (exact) mass is 327 g/mol. The molecule has 1 aromatic rings. The van der Waals surface area contributed by atoms with Crippen molar-refractivity contribution in [2.45, 2.75) is 38.1 Å². The lowest BCUT2D eigenvalue weighted by molar-refractivity contribution is 0.0893. The van der Waals surface area contributed by atoms with Crippen molar-refractivity contribution in [3.05, 3.63) is 10.6 Å². The summed E-state index contributed by atoms with van der Waals surface area (Å²) in [5.74, 6) is -0.161. The van der Waals surface area contributed by atoms with Crippen LogP contribution in [0.25, 0.3) is 0 Å². The molecule has 21 heavy (non-hydrogen) atoms. The van der Waals surface area contributed by atoms with Crippen LogP contribution in [0.15, 0.2) is 0 Å². The second-order valence-corrected chi connectivity index (χ2v) is 6.70. The van der Waals surface area contributed by atoms with E-state index in [-0.39, 0.29) is 5.91 Å². The summed E-state index contributed by atoms with van der Waals surface area (Å²) in [5, 5.41) is 7.09. The number of hydrogen-bond donors (Lipinski definition) is 2. The number of carbonyl (C=O) groups is 1. The maximum atomic E-state index is 12.6. The van der Waals surface area contributed by atoms with Crippen LogP contribution in [0.1, 0.15) is 41.6 Å². The molecular formula is C13H21N5OS2. The fourth-order valence-corrected chi connectivity index (χ4v) is 3.35. The van der Waals surface area contributed by atoms with E-state index in [1.54, 1.807) is 0 Å². The van der Waals surface area contributed by atoms with Gasteiger partial charge >= 0.3 is 0 Å². The number of likely N-dealkylation sites (tertiary alicyclic amines) is 1. The van der Waals surface area contributed by atoms with Gasteiger partial charge in [0, 0.05) is 13.1 Å². The minimum absolute atomic E-state index is 0.161. The summed E-state index contributed by atoms with van der Waals surface area (Å²) in [5.41, 5.74) is 6.08. The first-order chi connectivity index (χ1) is 9.98. The first kappa shape index (κ1) is 16.3. The Morgan fingerprint density at radius 3 is 2.76 bits per heavy atom. The van der Waals surface area contributed by atoms with Crippen molar-refractivity contribution in [1.29, 1.82) is 0 Å². The van der Waals surface area contributed by atoms with E-state index in [2.05, 4.69) is 33.8 Å². The van der Waals surface area contributed by atoms with Gasteiger partial charge in [-0.05, 0) is 37.8 Å². The number of nitrogens with zero attached hydrogens (tertiary/aromatic N) is 3. The van der Waals surface area contributed by atoms with Crippen molar-refractivity contribution in [2.75, 3.05) is 20.1 Å². The molecule has 0 atom stereocenters. The van der Waals surface area contributed by atoms with Gasteiger partial charge in [-0.1, -0.05) is 30.1 Å². The fraction of sp³-hybridized carbons (Fsp3) is 0.692. The zero-order chi connectivity index (χ0) is 15.5. The molecule has 0 spiro atoms. The molecule has 3 N–H and O–H groups in total. The molecule has 1 fully saturated rings. The Bertz CT molecular complexity index is 522. The molecule has 1 aliphatic heterocycles. The van der Waals surface area contributed by atoms with Crippen molar-refractivity contribution >= 4 is 34.6 Å². The van der Waals surface area contributed by atoms with Crippen LogP contribution in [-0.4, -0.2) is 51.1 Å². The molecule has 0 aromatic carbocycles. The third-order valence-corrected chi connectivity index (χ3v) is 5.07. The van der Waals surface area contributed by atoms with Gasteiger partial charge in [0.05, 0.1) is 16.2 Å². The number of nitrogens with one attached hydrogen (secondary N) is 1. The molecule has 1 saturated heterocycles. The number of amides is 1. The predicted molar refractivity (Wildman–Crippen MR) is 87.6 cm³/mol. The van der Waals surface area contributed by atoms with Gasteiger partial charge in [0.2, 0.25) is 0 Å². The maximum absolute atomic E-state index is 12.6. The number of aromatic nitrogens is 2.